The van der Waals surface area contributed by atoms with Gasteiger partial charge in [0.25, 0.3) is 17.4 Å². The summed E-state index contributed by atoms with van der Waals surface area (Å²) < 4.78 is 38.7. The molecule has 7 atom stereocenters. The van der Waals surface area contributed by atoms with Gasteiger partial charge in [-0.3, -0.25) is 28.9 Å². The van der Waals surface area contributed by atoms with Crippen LogP contribution in [-0.2, 0) is 74.8 Å². The van der Waals surface area contributed by atoms with E-state index in [2.05, 4.69) is 16.0 Å². The fraction of sp³-hybridized carbons (Fsp3) is 0.383. The number of aliphatic carboxylic acids is 1. The highest BCUT2D eigenvalue weighted by atomic mass is 19.1. The van der Waals surface area contributed by atoms with E-state index in [4.69, 9.17) is 23.9 Å². The molecule has 23 nitrogen and oxygen atoms in total. The van der Waals surface area contributed by atoms with Crippen LogP contribution in [0.15, 0.2) is 47.3 Å². The maximum Gasteiger partial charge on any atom is 0.407 e. The number of aryl methyl sites for hydroxylation is 1. The fourth-order valence-electron chi connectivity index (χ4n) is 9.50. The van der Waals surface area contributed by atoms with Crippen molar-refractivity contribution in [2.24, 2.45) is 0 Å². The molecule has 0 spiro atoms. The summed E-state index contributed by atoms with van der Waals surface area (Å²) in [5.74, 6) is -6.10. The number of carbonyl (C=O) groups excluding carboxylic acids is 6. The summed E-state index contributed by atoms with van der Waals surface area (Å²) in [4.78, 5) is 107. The molecule has 24 heteroatoms. The molecule has 5 aliphatic rings. The minimum atomic E-state index is -2.09. The molecule has 1 saturated heterocycles. The Morgan fingerprint density at radius 1 is 0.972 bits per heavy atom. The fourth-order valence-corrected chi connectivity index (χ4v) is 9.50. The van der Waals surface area contributed by atoms with Crippen LogP contribution in [0.4, 0.5) is 14.9 Å². The van der Waals surface area contributed by atoms with Crippen molar-refractivity contribution in [2.75, 3.05) is 18.4 Å². The van der Waals surface area contributed by atoms with Crippen LogP contribution in [0.5, 0.6) is 5.75 Å². The van der Waals surface area contributed by atoms with Gasteiger partial charge in [-0.1, -0.05) is 13.0 Å². The van der Waals surface area contributed by atoms with Gasteiger partial charge in [-0.25, -0.2) is 23.8 Å². The number of amides is 5. The van der Waals surface area contributed by atoms with Crippen LogP contribution in [0, 0.1) is 12.7 Å². The van der Waals surface area contributed by atoms with Crippen LogP contribution in [-0.4, -0.2) is 125 Å². The third-order valence-electron chi connectivity index (χ3n) is 13.3. The molecule has 4 aromatic rings. The van der Waals surface area contributed by atoms with Crippen LogP contribution < -0.4 is 26.2 Å². The van der Waals surface area contributed by atoms with Gasteiger partial charge in [0, 0.05) is 47.7 Å². The van der Waals surface area contributed by atoms with Crippen molar-refractivity contribution < 1.29 is 82.4 Å². The second-order valence-electron chi connectivity index (χ2n) is 17.5. The molecule has 1 aliphatic carbocycles. The predicted octanol–water partition coefficient (Wildman–Crippen LogP) is 0.0816. The Morgan fingerprint density at radius 3 is 2.44 bits per heavy atom. The van der Waals surface area contributed by atoms with Gasteiger partial charge in [0.15, 0.2) is 11.7 Å². The number of nitrogens with zero attached hydrogens (tertiary/aromatic N) is 3. The number of aliphatic hydroxyl groups excluding tert-OH is 3. The molecular formula is C47H45FN6O17. The summed E-state index contributed by atoms with van der Waals surface area (Å²) in [7, 11) is 0. The molecule has 1 fully saturated rings. The number of alkyl carbamates (subject to hydrolysis) is 1. The smallest absolute Gasteiger partial charge is 0.407 e. The molecule has 9 rings (SSSR count). The average Bonchev–Trinajstić information content (AvgIpc) is 3.88. The summed E-state index contributed by atoms with van der Waals surface area (Å²) in [6, 6.07) is 5.94. The van der Waals surface area contributed by atoms with E-state index in [1.165, 1.54) is 34.9 Å². The first-order chi connectivity index (χ1) is 33.8. The number of carboxylic acid groups (broad SMARTS) is 1. The Labute approximate surface area is 399 Å². The Bertz CT molecular complexity index is 3070. The molecule has 0 bridgehead atoms. The molecule has 372 valence electrons. The topological polar surface area (TPSA) is 332 Å². The third kappa shape index (κ3) is 8.62. The first-order valence-electron chi connectivity index (χ1n) is 22.4. The van der Waals surface area contributed by atoms with E-state index in [1.54, 1.807) is 13.8 Å². The molecule has 5 amide bonds. The number of pyridine rings is 2. The first kappa shape index (κ1) is 48.4. The van der Waals surface area contributed by atoms with Gasteiger partial charge in [0.1, 0.15) is 43.1 Å². The lowest BCUT2D eigenvalue weighted by molar-refractivity contribution is -0.271. The molecule has 4 aliphatic heterocycles. The summed E-state index contributed by atoms with van der Waals surface area (Å²) in [6.07, 6.45) is -8.61. The van der Waals surface area contributed by atoms with Crippen molar-refractivity contribution in [1.82, 2.24) is 25.1 Å². The number of halogens is 1. The number of anilines is 1. The minimum absolute atomic E-state index is 0.0129. The molecule has 71 heavy (non-hydrogen) atoms. The lowest BCUT2D eigenvalue weighted by Crippen LogP contribution is -2.61. The second kappa shape index (κ2) is 18.6. The number of fused-ring (bicyclic) bond motifs is 5. The van der Waals surface area contributed by atoms with Gasteiger partial charge in [0.05, 0.1) is 47.3 Å². The van der Waals surface area contributed by atoms with Gasteiger partial charge < -0.3 is 65.0 Å². The van der Waals surface area contributed by atoms with Crippen LogP contribution >= 0.6 is 0 Å². The highest BCUT2D eigenvalue weighted by Gasteiger charge is 2.49. The summed E-state index contributed by atoms with van der Waals surface area (Å²) in [5, 5.41) is 60.4. The normalized spacial score (nSPS) is 23.9. The molecule has 0 saturated carbocycles. The van der Waals surface area contributed by atoms with E-state index in [9.17, 15) is 63.9 Å². The van der Waals surface area contributed by atoms with Gasteiger partial charge in [0.2, 0.25) is 18.1 Å². The number of esters is 1. The van der Waals surface area contributed by atoms with Crippen LogP contribution in [0.25, 0.3) is 22.3 Å². The molecule has 8 N–H and O–H groups in total. The monoisotopic (exact) mass is 984 g/mol. The number of carbonyl (C=O) groups is 7. The van der Waals surface area contributed by atoms with Gasteiger partial charge in [-0.05, 0) is 66.6 Å². The number of aliphatic hydroxyl groups is 4. The molecule has 1 unspecified atom stereocenters. The van der Waals surface area contributed by atoms with Crippen molar-refractivity contribution in [3.05, 3.63) is 97.6 Å². The maximum atomic E-state index is 15.5. The Kier molecular flexibility index (Phi) is 12.7. The lowest BCUT2D eigenvalue weighted by atomic mass is 9.81. The zero-order chi connectivity index (χ0) is 50.8. The largest absolute Gasteiger partial charge is 0.479 e. The molecule has 2 aromatic heterocycles. The van der Waals surface area contributed by atoms with Crippen molar-refractivity contribution in [2.45, 2.75) is 102 Å². The van der Waals surface area contributed by atoms with E-state index in [-0.39, 0.29) is 78.3 Å². The van der Waals surface area contributed by atoms with Gasteiger partial charge in [-0.15, -0.1) is 0 Å². The second-order valence-corrected chi connectivity index (χ2v) is 17.5. The van der Waals surface area contributed by atoms with E-state index in [0.29, 0.717) is 39.8 Å². The van der Waals surface area contributed by atoms with Crippen molar-refractivity contribution >= 4 is 58.3 Å². The predicted molar refractivity (Wildman–Crippen MR) is 237 cm³/mol. The van der Waals surface area contributed by atoms with Crippen molar-refractivity contribution in [3.63, 3.8) is 0 Å². The number of ether oxygens (including phenoxy) is 4. The highest BCUT2D eigenvalue weighted by molar-refractivity contribution is 6.13. The minimum Gasteiger partial charge on any atom is -0.479 e. The van der Waals surface area contributed by atoms with Crippen LogP contribution in [0.2, 0.25) is 0 Å². The zero-order valence-electron chi connectivity index (χ0n) is 37.7. The standard InChI is InChI=1S/C47H45FN6O17/c1-3-47(67)24-13-29-37-22(16-54(29)42(62)23(24)18-68-45(47)65)36-26(6-5-21-19(2)25(48)14-28(51-37)35(21)36)52-46(66)69-17-20-4-7-30(70-44-40(61)38(59)39(60)41(71-44)43(63)64)27(12-20)50-32(56)15-49-31(55)10-11-53-33(57)8-9-34(53)58/h4,7-9,12-14,26,38-41,44,59-61,67H,3,5-6,10-11,15-18H2,1-2H3,(H,49,55)(H,50,56)(H,52,66)(H,63,64)/t26-,38+,39+,40-,41+,44?,47-/m1/s1. The van der Waals surface area contributed by atoms with Crippen LogP contribution in [0.1, 0.15) is 71.2 Å². The SMILES string of the molecule is CC[C@]1(O)C(=O)OCc2c1cc1n(c2=O)Cc2c-1nc1cc(F)c(C)c3c1c2[C@H](NC(=O)OCc1ccc(OC2O[C@H](C(=O)O)[C@@H](O)[C@H](O)[C@H]2O)c(NC(=O)CNC(=O)CCN2C(=O)C=CC2=O)c1)CC3. The number of benzene rings is 2. The van der Waals surface area contributed by atoms with E-state index in [1.807, 2.05) is 0 Å². The molecular weight excluding hydrogens is 940 g/mol. The third-order valence-corrected chi connectivity index (χ3v) is 13.3. The van der Waals surface area contributed by atoms with E-state index >= 15 is 4.39 Å². The quantitative estimate of drug-likeness (QED) is 0.0572. The number of imide groups is 1. The molecule has 2 aromatic carbocycles. The van der Waals surface area contributed by atoms with Crippen LogP contribution in [0.3, 0.4) is 0 Å². The Balaban J connectivity index is 0.956. The number of carboxylic acids is 1. The van der Waals surface area contributed by atoms with Crippen molar-refractivity contribution in [3.8, 4) is 17.1 Å². The molecule has 0 radical (unpaired) electrons. The summed E-state index contributed by atoms with van der Waals surface area (Å²) in [6.45, 7) is 1.50. The number of aromatic nitrogens is 2. The maximum absolute atomic E-state index is 15.5. The Hall–Kier alpha value is -7.64. The number of hydrogen-bond acceptors (Lipinski definition) is 17. The molecule has 6 heterocycles. The zero-order valence-corrected chi connectivity index (χ0v) is 37.7. The first-order valence-corrected chi connectivity index (χ1v) is 22.4. The number of cyclic esters (lactones) is 1. The van der Waals surface area contributed by atoms with Gasteiger partial charge in [-0.2, -0.15) is 0 Å². The van der Waals surface area contributed by atoms with Gasteiger partial charge >= 0.3 is 18.0 Å². The van der Waals surface area contributed by atoms with Crippen molar-refractivity contribution in [1.29, 1.82) is 0 Å². The Morgan fingerprint density at radius 2 is 1.72 bits per heavy atom. The lowest BCUT2D eigenvalue weighted by Gasteiger charge is -2.38. The highest BCUT2D eigenvalue weighted by Crippen LogP contribution is 2.46. The number of rotatable bonds is 13. The van der Waals surface area contributed by atoms with E-state index < -0.39 is 109 Å². The summed E-state index contributed by atoms with van der Waals surface area (Å²) >= 11 is 0. The van der Waals surface area contributed by atoms with E-state index in [0.717, 1.165) is 17.1 Å². The number of hydrogen-bond donors (Lipinski definition) is 8. The average molecular weight is 985 g/mol. The summed E-state index contributed by atoms with van der Waals surface area (Å²) in [5.41, 5.74) is 0.608. The number of nitrogens with one attached hydrogen (secondary N) is 3.